The van der Waals surface area contributed by atoms with E-state index < -0.39 is 5.97 Å². The van der Waals surface area contributed by atoms with Gasteiger partial charge in [-0.05, 0) is 49.3 Å². The van der Waals surface area contributed by atoms with Crippen LogP contribution in [0.3, 0.4) is 0 Å². The number of nitrogens with zero attached hydrogens (tertiary/aromatic N) is 1. The maximum Gasteiger partial charge on any atom is 0.307 e. The highest BCUT2D eigenvalue weighted by atomic mass is 16.4. The third-order valence-corrected chi connectivity index (χ3v) is 5.19. The topological polar surface area (TPSA) is 40.5 Å². The monoisotopic (exact) mass is 287 g/mol. The summed E-state index contributed by atoms with van der Waals surface area (Å²) in [6.07, 6.45) is 8.28. The minimum Gasteiger partial charge on any atom is -0.481 e. The second-order valence-corrected chi connectivity index (χ2v) is 6.56. The molecule has 1 heterocycles. The van der Waals surface area contributed by atoms with E-state index in [1.807, 2.05) is 18.2 Å². The maximum absolute atomic E-state index is 11.0. The van der Waals surface area contributed by atoms with Crippen molar-refractivity contribution in [3.05, 3.63) is 35.4 Å². The van der Waals surface area contributed by atoms with Crippen LogP contribution in [0.25, 0.3) is 0 Å². The van der Waals surface area contributed by atoms with Gasteiger partial charge in [-0.25, -0.2) is 0 Å². The van der Waals surface area contributed by atoms with E-state index >= 15 is 0 Å². The van der Waals surface area contributed by atoms with Crippen molar-refractivity contribution < 1.29 is 9.90 Å². The number of carboxylic acid groups (broad SMARTS) is 1. The maximum atomic E-state index is 11.0. The quantitative estimate of drug-likeness (QED) is 0.922. The van der Waals surface area contributed by atoms with Crippen molar-refractivity contribution in [3.8, 4) is 0 Å². The van der Waals surface area contributed by atoms with Crippen LogP contribution in [-0.4, -0.2) is 28.6 Å². The van der Waals surface area contributed by atoms with Gasteiger partial charge in [-0.3, -0.25) is 9.69 Å². The summed E-state index contributed by atoms with van der Waals surface area (Å²) in [4.78, 5) is 13.6. The van der Waals surface area contributed by atoms with Crippen LogP contribution in [0.5, 0.6) is 0 Å². The Morgan fingerprint density at radius 1 is 1.10 bits per heavy atom. The molecular weight excluding hydrogens is 262 g/mol. The minimum absolute atomic E-state index is 0.137. The van der Waals surface area contributed by atoms with E-state index in [2.05, 4.69) is 11.0 Å². The molecule has 0 bridgehead atoms. The standard InChI is InChI=1S/C18H25NO2/c20-18(21)12-15-7-1-2-8-16(15)13-19-11-5-9-14-6-3-4-10-17(14)19/h1-2,7-8,14,17H,3-6,9-13H2,(H,20,21). The molecule has 21 heavy (non-hydrogen) atoms. The van der Waals surface area contributed by atoms with E-state index in [4.69, 9.17) is 5.11 Å². The number of benzene rings is 1. The third kappa shape index (κ3) is 3.46. The molecule has 0 aromatic heterocycles. The van der Waals surface area contributed by atoms with E-state index in [1.165, 1.54) is 50.6 Å². The number of likely N-dealkylation sites (tertiary alicyclic amines) is 1. The fourth-order valence-corrected chi connectivity index (χ4v) is 4.19. The van der Waals surface area contributed by atoms with Gasteiger partial charge in [0.25, 0.3) is 0 Å². The van der Waals surface area contributed by atoms with Crippen molar-refractivity contribution in [2.24, 2.45) is 5.92 Å². The molecule has 3 nitrogen and oxygen atoms in total. The molecule has 0 spiro atoms. The number of aliphatic carboxylic acids is 1. The highest BCUT2D eigenvalue weighted by Crippen LogP contribution is 2.36. The Balaban J connectivity index is 1.74. The Bertz CT molecular complexity index is 498. The van der Waals surface area contributed by atoms with Crippen LogP contribution in [0.4, 0.5) is 0 Å². The van der Waals surface area contributed by atoms with Gasteiger partial charge in [-0.15, -0.1) is 0 Å². The lowest BCUT2D eigenvalue weighted by molar-refractivity contribution is -0.136. The minimum atomic E-state index is -0.739. The number of hydrogen-bond donors (Lipinski definition) is 1. The Morgan fingerprint density at radius 2 is 1.81 bits per heavy atom. The molecule has 1 aromatic carbocycles. The van der Waals surface area contributed by atoms with Crippen molar-refractivity contribution in [1.29, 1.82) is 0 Å². The lowest BCUT2D eigenvalue weighted by Gasteiger charge is -2.44. The summed E-state index contributed by atoms with van der Waals surface area (Å²) in [7, 11) is 0. The van der Waals surface area contributed by atoms with Crippen molar-refractivity contribution in [3.63, 3.8) is 0 Å². The Kier molecular flexibility index (Phi) is 4.59. The average molecular weight is 287 g/mol. The molecule has 114 valence electrons. The first-order chi connectivity index (χ1) is 10.2. The fourth-order valence-electron chi connectivity index (χ4n) is 4.19. The van der Waals surface area contributed by atoms with Crippen molar-refractivity contribution in [2.45, 2.75) is 57.5 Å². The number of fused-ring (bicyclic) bond motifs is 1. The first-order valence-corrected chi connectivity index (χ1v) is 8.26. The molecule has 1 aliphatic carbocycles. The van der Waals surface area contributed by atoms with Crippen molar-refractivity contribution in [1.82, 2.24) is 4.90 Å². The summed E-state index contributed by atoms with van der Waals surface area (Å²) in [6.45, 7) is 2.09. The zero-order chi connectivity index (χ0) is 14.7. The van der Waals surface area contributed by atoms with Gasteiger partial charge in [-0.1, -0.05) is 37.1 Å². The largest absolute Gasteiger partial charge is 0.481 e. The molecule has 2 aliphatic rings. The highest BCUT2D eigenvalue weighted by molar-refractivity contribution is 5.70. The number of hydrogen-bond acceptors (Lipinski definition) is 2. The van der Waals surface area contributed by atoms with Gasteiger partial charge in [0.15, 0.2) is 0 Å². The predicted octanol–water partition coefficient (Wildman–Crippen LogP) is 3.47. The van der Waals surface area contributed by atoms with Gasteiger partial charge >= 0.3 is 5.97 Å². The molecule has 2 fully saturated rings. The van der Waals surface area contributed by atoms with Gasteiger partial charge in [0.1, 0.15) is 0 Å². The van der Waals surface area contributed by atoms with Crippen LogP contribution in [0.15, 0.2) is 24.3 Å². The molecule has 1 aromatic rings. The van der Waals surface area contributed by atoms with Crippen LogP contribution < -0.4 is 0 Å². The van der Waals surface area contributed by atoms with Crippen molar-refractivity contribution in [2.75, 3.05) is 6.54 Å². The molecule has 2 unspecified atom stereocenters. The highest BCUT2D eigenvalue weighted by Gasteiger charge is 2.33. The first kappa shape index (κ1) is 14.6. The van der Waals surface area contributed by atoms with Gasteiger partial charge in [-0.2, -0.15) is 0 Å². The van der Waals surface area contributed by atoms with E-state index in [1.54, 1.807) is 0 Å². The second-order valence-electron chi connectivity index (χ2n) is 6.56. The van der Waals surface area contributed by atoms with Gasteiger partial charge in [0.2, 0.25) is 0 Å². The molecule has 1 aliphatic heterocycles. The molecule has 1 N–H and O–H groups in total. The Hall–Kier alpha value is -1.35. The molecule has 3 rings (SSSR count). The van der Waals surface area contributed by atoms with Gasteiger partial charge < -0.3 is 5.11 Å². The fraction of sp³-hybridized carbons (Fsp3) is 0.611. The van der Waals surface area contributed by atoms with E-state index in [0.717, 1.165) is 24.1 Å². The molecule has 2 atom stereocenters. The predicted molar refractivity (Wildman–Crippen MR) is 83.2 cm³/mol. The second kappa shape index (κ2) is 6.61. The zero-order valence-corrected chi connectivity index (χ0v) is 12.6. The van der Waals surface area contributed by atoms with E-state index in [0.29, 0.717) is 0 Å². The summed E-state index contributed by atoms with van der Waals surface area (Å²) in [5, 5.41) is 9.07. The summed E-state index contributed by atoms with van der Waals surface area (Å²) in [6, 6.07) is 8.77. The summed E-state index contributed by atoms with van der Waals surface area (Å²) >= 11 is 0. The van der Waals surface area contributed by atoms with Crippen LogP contribution in [0, 0.1) is 5.92 Å². The number of carbonyl (C=O) groups is 1. The van der Waals surface area contributed by atoms with Crippen LogP contribution >= 0.6 is 0 Å². The number of carboxylic acids is 1. The van der Waals surface area contributed by atoms with Gasteiger partial charge in [0.05, 0.1) is 6.42 Å². The Labute approximate surface area is 127 Å². The number of piperidine rings is 1. The summed E-state index contributed by atoms with van der Waals surface area (Å²) < 4.78 is 0. The van der Waals surface area contributed by atoms with Crippen molar-refractivity contribution >= 4 is 5.97 Å². The average Bonchev–Trinajstić information content (AvgIpc) is 2.49. The SMILES string of the molecule is O=C(O)Cc1ccccc1CN1CCCC2CCCCC21. The normalized spacial score (nSPS) is 26.3. The molecule has 3 heteroatoms. The molecular formula is C18H25NO2. The number of rotatable bonds is 4. The van der Waals surface area contributed by atoms with E-state index in [-0.39, 0.29) is 6.42 Å². The van der Waals surface area contributed by atoms with E-state index in [9.17, 15) is 4.79 Å². The third-order valence-electron chi connectivity index (χ3n) is 5.19. The zero-order valence-electron chi connectivity index (χ0n) is 12.6. The van der Waals surface area contributed by atoms with Crippen LogP contribution in [0.2, 0.25) is 0 Å². The lowest BCUT2D eigenvalue weighted by Crippen LogP contribution is -2.46. The Morgan fingerprint density at radius 3 is 2.62 bits per heavy atom. The lowest BCUT2D eigenvalue weighted by atomic mass is 9.78. The smallest absolute Gasteiger partial charge is 0.307 e. The summed E-state index contributed by atoms with van der Waals surface area (Å²) in [5.41, 5.74) is 2.18. The molecule has 0 radical (unpaired) electrons. The molecule has 0 amide bonds. The molecule has 1 saturated carbocycles. The first-order valence-electron chi connectivity index (χ1n) is 8.26. The van der Waals surface area contributed by atoms with Crippen LogP contribution in [0.1, 0.15) is 49.7 Å². The van der Waals surface area contributed by atoms with Crippen LogP contribution in [-0.2, 0) is 17.8 Å². The molecule has 1 saturated heterocycles. The van der Waals surface area contributed by atoms with Gasteiger partial charge in [0, 0.05) is 12.6 Å². The summed E-state index contributed by atoms with van der Waals surface area (Å²) in [5.74, 6) is 0.135.